The van der Waals surface area contributed by atoms with Crippen molar-refractivity contribution in [3.63, 3.8) is 0 Å². The molecule has 1 amide bonds. The highest BCUT2D eigenvalue weighted by Crippen LogP contribution is 2.06. The number of amides is 1. The molecule has 2 aromatic carbocycles. The van der Waals surface area contributed by atoms with E-state index < -0.39 is 0 Å². The molecule has 27 heavy (non-hydrogen) atoms. The molecule has 2 rings (SSSR count). The lowest BCUT2D eigenvalue weighted by Crippen LogP contribution is -2.38. The predicted octanol–water partition coefficient (Wildman–Crippen LogP) is 3.27. The first-order chi connectivity index (χ1) is 12.6. The Labute approximate surface area is 179 Å². The van der Waals surface area contributed by atoms with E-state index in [0.717, 1.165) is 31.0 Å². The summed E-state index contributed by atoms with van der Waals surface area (Å²) in [5.74, 6) is 0.739. The second-order valence-electron chi connectivity index (χ2n) is 6.14. The van der Waals surface area contributed by atoms with E-state index in [1.807, 2.05) is 24.3 Å². The Bertz CT molecular complexity index is 744. The van der Waals surface area contributed by atoms with Crippen LogP contribution in [0.25, 0.3) is 0 Å². The van der Waals surface area contributed by atoms with Crippen molar-refractivity contribution in [3.05, 3.63) is 70.8 Å². The van der Waals surface area contributed by atoms with Gasteiger partial charge in [-0.1, -0.05) is 42.0 Å². The largest absolute Gasteiger partial charge is 0.357 e. The Kier molecular flexibility index (Phi) is 10.5. The van der Waals surface area contributed by atoms with E-state index in [-0.39, 0.29) is 29.9 Å². The maximum atomic E-state index is 11.7. The zero-order valence-corrected chi connectivity index (χ0v) is 18.5. The maximum absolute atomic E-state index is 11.7. The molecule has 0 radical (unpaired) electrons. The van der Waals surface area contributed by atoms with Crippen molar-refractivity contribution in [3.8, 4) is 0 Å². The molecule has 0 unspecified atom stereocenters. The minimum absolute atomic E-state index is 0. The fraction of sp³-hybridized carbons (Fsp3) is 0.333. The van der Waals surface area contributed by atoms with Gasteiger partial charge in [0.1, 0.15) is 0 Å². The predicted molar refractivity (Wildman–Crippen MR) is 123 cm³/mol. The van der Waals surface area contributed by atoms with Crippen LogP contribution in [0.5, 0.6) is 0 Å². The molecule has 3 N–H and O–H groups in total. The number of carbonyl (C=O) groups excluding carboxylic acids is 1. The Balaban J connectivity index is 0.00000364. The first-order valence-electron chi connectivity index (χ1n) is 9.01. The Morgan fingerprint density at radius 3 is 2.44 bits per heavy atom. The van der Waals surface area contributed by atoms with E-state index in [2.05, 4.69) is 59.1 Å². The lowest BCUT2D eigenvalue weighted by molar-refractivity contribution is 0.0963. The molecular weight excluding hydrogens is 451 g/mol. The van der Waals surface area contributed by atoms with Gasteiger partial charge in [-0.25, -0.2) is 4.99 Å². The van der Waals surface area contributed by atoms with Crippen molar-refractivity contribution in [2.75, 3.05) is 20.1 Å². The molecule has 0 aliphatic heterocycles. The van der Waals surface area contributed by atoms with E-state index in [0.29, 0.717) is 12.1 Å². The van der Waals surface area contributed by atoms with Gasteiger partial charge >= 0.3 is 0 Å². The Hall–Kier alpha value is -2.09. The van der Waals surface area contributed by atoms with Gasteiger partial charge in [0.15, 0.2) is 5.96 Å². The van der Waals surface area contributed by atoms with Gasteiger partial charge in [0.25, 0.3) is 5.91 Å². The minimum atomic E-state index is -0.0622. The van der Waals surface area contributed by atoms with Crippen molar-refractivity contribution in [2.24, 2.45) is 4.99 Å². The topological polar surface area (TPSA) is 65.5 Å². The van der Waals surface area contributed by atoms with Crippen LogP contribution in [0.1, 0.15) is 34.0 Å². The smallest absolute Gasteiger partial charge is 0.251 e. The number of hydrogen-bond acceptors (Lipinski definition) is 2. The maximum Gasteiger partial charge on any atom is 0.251 e. The van der Waals surface area contributed by atoms with E-state index in [4.69, 9.17) is 0 Å². The highest BCUT2D eigenvalue weighted by atomic mass is 127. The van der Waals surface area contributed by atoms with Gasteiger partial charge in [-0.05, 0) is 43.5 Å². The van der Waals surface area contributed by atoms with Crippen LogP contribution in [-0.4, -0.2) is 32.0 Å². The van der Waals surface area contributed by atoms with Crippen molar-refractivity contribution >= 4 is 35.8 Å². The van der Waals surface area contributed by atoms with E-state index in [1.54, 1.807) is 7.05 Å². The third-order valence-electron chi connectivity index (χ3n) is 4.01. The molecule has 0 saturated carbocycles. The van der Waals surface area contributed by atoms with Crippen LogP contribution in [0.3, 0.4) is 0 Å². The van der Waals surface area contributed by atoms with Crippen molar-refractivity contribution < 1.29 is 4.79 Å². The number of nitrogens with one attached hydrogen (secondary N) is 3. The van der Waals surface area contributed by atoms with Gasteiger partial charge in [-0.15, -0.1) is 24.0 Å². The zero-order chi connectivity index (χ0) is 18.8. The molecule has 0 bridgehead atoms. The highest BCUT2D eigenvalue weighted by molar-refractivity contribution is 14.0. The lowest BCUT2D eigenvalue weighted by atomic mass is 10.1. The first kappa shape index (κ1) is 23.0. The summed E-state index contributed by atoms with van der Waals surface area (Å²) in [6.07, 6.45) is 0.819. The van der Waals surface area contributed by atoms with Crippen LogP contribution >= 0.6 is 24.0 Å². The Morgan fingerprint density at radius 2 is 1.78 bits per heavy atom. The summed E-state index contributed by atoms with van der Waals surface area (Å²) in [6, 6.07) is 16.1. The van der Waals surface area contributed by atoms with E-state index >= 15 is 0 Å². The zero-order valence-electron chi connectivity index (χ0n) is 16.2. The summed E-state index contributed by atoms with van der Waals surface area (Å²) in [7, 11) is 1.64. The molecule has 0 spiro atoms. The number of guanidine groups is 1. The third-order valence-corrected chi connectivity index (χ3v) is 4.01. The van der Waals surface area contributed by atoms with Crippen LogP contribution in [0, 0.1) is 6.92 Å². The number of halogens is 1. The van der Waals surface area contributed by atoms with Crippen LogP contribution < -0.4 is 16.0 Å². The summed E-state index contributed by atoms with van der Waals surface area (Å²) < 4.78 is 0. The standard InChI is InChI=1S/C21H28N4O.HI/c1-4-23-21(25-15-18-10-8-16(2)9-11-18)24-13-12-17-6-5-7-19(14-17)20(26)22-3;/h5-11,14H,4,12-13,15H2,1-3H3,(H,22,26)(H2,23,24,25);1H. The number of benzene rings is 2. The molecule has 0 aromatic heterocycles. The van der Waals surface area contributed by atoms with Gasteiger partial charge in [-0.2, -0.15) is 0 Å². The van der Waals surface area contributed by atoms with Gasteiger partial charge in [0.2, 0.25) is 0 Å². The third kappa shape index (κ3) is 7.99. The monoisotopic (exact) mass is 480 g/mol. The molecule has 0 aliphatic rings. The fourth-order valence-electron chi connectivity index (χ4n) is 2.54. The number of carbonyl (C=O) groups is 1. The molecule has 0 fully saturated rings. The number of hydrogen-bond donors (Lipinski definition) is 3. The molecule has 0 heterocycles. The molecule has 6 heteroatoms. The number of aryl methyl sites for hydroxylation is 1. The van der Waals surface area contributed by atoms with Gasteiger partial charge in [-0.3, -0.25) is 4.79 Å². The average Bonchev–Trinajstić information content (AvgIpc) is 2.67. The van der Waals surface area contributed by atoms with Crippen molar-refractivity contribution in [1.82, 2.24) is 16.0 Å². The molecule has 2 aromatic rings. The molecule has 0 saturated heterocycles. The second kappa shape index (κ2) is 12.3. The van der Waals surface area contributed by atoms with Crippen LogP contribution in [0.2, 0.25) is 0 Å². The van der Waals surface area contributed by atoms with E-state index in [1.165, 1.54) is 11.1 Å². The molecule has 0 atom stereocenters. The minimum Gasteiger partial charge on any atom is -0.357 e. The van der Waals surface area contributed by atoms with Gasteiger partial charge in [0.05, 0.1) is 6.54 Å². The van der Waals surface area contributed by atoms with Gasteiger partial charge < -0.3 is 16.0 Å². The second-order valence-corrected chi connectivity index (χ2v) is 6.14. The van der Waals surface area contributed by atoms with Crippen molar-refractivity contribution in [2.45, 2.75) is 26.8 Å². The SMILES string of the molecule is CCNC(=NCc1ccc(C)cc1)NCCc1cccc(C(=O)NC)c1.I. The van der Waals surface area contributed by atoms with Gasteiger partial charge in [0, 0.05) is 25.7 Å². The molecule has 146 valence electrons. The molecule has 5 nitrogen and oxygen atoms in total. The van der Waals surface area contributed by atoms with Crippen LogP contribution in [0.4, 0.5) is 0 Å². The molecule has 0 aliphatic carbocycles. The number of nitrogens with zero attached hydrogens (tertiary/aromatic N) is 1. The summed E-state index contributed by atoms with van der Waals surface area (Å²) in [5.41, 5.74) is 4.24. The normalized spacial score (nSPS) is 10.7. The quantitative estimate of drug-likeness (QED) is 0.324. The summed E-state index contributed by atoms with van der Waals surface area (Å²) in [4.78, 5) is 16.4. The first-order valence-corrected chi connectivity index (χ1v) is 9.01. The van der Waals surface area contributed by atoms with Crippen LogP contribution in [-0.2, 0) is 13.0 Å². The van der Waals surface area contributed by atoms with Crippen molar-refractivity contribution in [1.29, 1.82) is 0 Å². The highest BCUT2D eigenvalue weighted by Gasteiger charge is 2.04. The summed E-state index contributed by atoms with van der Waals surface area (Å²) in [5, 5.41) is 9.27. The van der Waals surface area contributed by atoms with E-state index in [9.17, 15) is 4.79 Å². The molecular formula is C21H29IN4O. The fourth-order valence-corrected chi connectivity index (χ4v) is 2.54. The summed E-state index contributed by atoms with van der Waals surface area (Å²) in [6.45, 7) is 6.33. The number of aliphatic imine (C=N–C) groups is 1. The summed E-state index contributed by atoms with van der Waals surface area (Å²) >= 11 is 0. The lowest BCUT2D eigenvalue weighted by Gasteiger charge is -2.12. The number of rotatable bonds is 7. The Morgan fingerprint density at radius 1 is 1.04 bits per heavy atom. The average molecular weight is 480 g/mol. The van der Waals surface area contributed by atoms with Crippen LogP contribution in [0.15, 0.2) is 53.5 Å².